The monoisotopic (exact) mass is 513 g/mol. The van der Waals surface area contributed by atoms with Crippen LogP contribution in [-0.2, 0) is 0 Å². The largest absolute Gasteiger partial charge is 0.444 e. The quantitative estimate of drug-likeness (QED) is 0.318. The Balaban J connectivity index is 1.52. The molecule has 0 saturated carbocycles. The third-order valence-corrected chi connectivity index (χ3v) is 5.23. The highest BCUT2D eigenvalue weighted by Crippen LogP contribution is 2.24. The van der Waals surface area contributed by atoms with Crippen molar-refractivity contribution in [1.82, 2.24) is 19.7 Å². The van der Waals surface area contributed by atoms with Gasteiger partial charge in [-0.05, 0) is 35.7 Å². The summed E-state index contributed by atoms with van der Waals surface area (Å²) in [5.41, 5.74) is 7.30. The molecule has 0 aliphatic rings. The molecule has 3 heterocycles. The van der Waals surface area contributed by atoms with Crippen molar-refractivity contribution in [2.45, 2.75) is 25.9 Å². The highest BCUT2D eigenvalue weighted by Gasteiger charge is 2.27. The molecule has 3 aromatic heterocycles. The van der Waals surface area contributed by atoms with Crippen molar-refractivity contribution in [2.75, 3.05) is 17.2 Å². The van der Waals surface area contributed by atoms with E-state index in [4.69, 9.17) is 10.2 Å². The Kier molecular flexibility index (Phi) is 6.96. The van der Waals surface area contributed by atoms with Crippen LogP contribution >= 0.6 is 0 Å². The smallest absolute Gasteiger partial charge is 0.405 e. The zero-order valence-electron chi connectivity index (χ0n) is 19.7. The van der Waals surface area contributed by atoms with Gasteiger partial charge in [0.25, 0.3) is 11.8 Å². The van der Waals surface area contributed by atoms with Crippen molar-refractivity contribution in [3.63, 3.8) is 0 Å². The molecule has 192 valence electrons. The third-order valence-electron chi connectivity index (χ3n) is 5.23. The number of rotatable bonds is 8. The SMILES string of the molecule is CC(C)c1ccc(-n2cc(NC(=O)c3coc(-c4ccnc(NCC(F)(F)F)c4)n3)c(C(N)=O)n2)cc1. The minimum absolute atomic E-state index is 0.0151. The van der Waals surface area contributed by atoms with Gasteiger partial charge in [0.05, 0.1) is 17.6 Å². The van der Waals surface area contributed by atoms with E-state index in [0.29, 0.717) is 17.2 Å². The van der Waals surface area contributed by atoms with Gasteiger partial charge in [-0.3, -0.25) is 9.59 Å². The van der Waals surface area contributed by atoms with E-state index in [-0.39, 0.29) is 28.8 Å². The average molecular weight is 513 g/mol. The summed E-state index contributed by atoms with van der Waals surface area (Å²) in [6, 6.07) is 10.3. The second-order valence-corrected chi connectivity index (χ2v) is 8.34. The Morgan fingerprint density at radius 1 is 1.16 bits per heavy atom. The Hall–Kier alpha value is -4.68. The van der Waals surface area contributed by atoms with E-state index in [9.17, 15) is 22.8 Å². The van der Waals surface area contributed by atoms with Crippen molar-refractivity contribution in [2.24, 2.45) is 5.73 Å². The topological polar surface area (TPSA) is 141 Å². The molecular formula is C24H22F3N7O3. The number of hydrogen-bond acceptors (Lipinski definition) is 7. The van der Waals surface area contributed by atoms with E-state index in [2.05, 4.69) is 39.5 Å². The van der Waals surface area contributed by atoms with Crippen LogP contribution in [0.3, 0.4) is 0 Å². The predicted molar refractivity (Wildman–Crippen MR) is 128 cm³/mol. The molecule has 0 unspecified atom stereocenters. The van der Waals surface area contributed by atoms with Crippen LogP contribution in [0.15, 0.2) is 59.5 Å². The minimum Gasteiger partial charge on any atom is -0.444 e. The molecule has 2 amide bonds. The fourth-order valence-electron chi connectivity index (χ4n) is 3.34. The number of primary amides is 1. The first-order valence-electron chi connectivity index (χ1n) is 11.0. The first kappa shape index (κ1) is 25.4. The number of carbonyl (C=O) groups is 2. The fourth-order valence-corrected chi connectivity index (χ4v) is 3.34. The number of oxazole rings is 1. The van der Waals surface area contributed by atoms with Gasteiger partial charge in [0.1, 0.15) is 18.6 Å². The summed E-state index contributed by atoms with van der Waals surface area (Å²) >= 11 is 0. The highest BCUT2D eigenvalue weighted by atomic mass is 19.4. The summed E-state index contributed by atoms with van der Waals surface area (Å²) in [5, 5.41) is 8.89. The van der Waals surface area contributed by atoms with Gasteiger partial charge in [0.2, 0.25) is 5.89 Å². The predicted octanol–water partition coefficient (Wildman–Crippen LogP) is 4.37. The molecular weight excluding hydrogens is 491 g/mol. The van der Waals surface area contributed by atoms with E-state index in [1.807, 2.05) is 24.3 Å². The Bertz CT molecular complexity index is 1430. The number of nitrogens with two attached hydrogens (primary N) is 1. The number of nitrogens with zero attached hydrogens (tertiary/aromatic N) is 4. The van der Waals surface area contributed by atoms with Crippen LogP contribution in [0.25, 0.3) is 17.1 Å². The molecule has 37 heavy (non-hydrogen) atoms. The Labute approximate surface area is 208 Å². The summed E-state index contributed by atoms with van der Waals surface area (Å²) in [6.07, 6.45) is -0.613. The van der Waals surface area contributed by atoms with Crippen LogP contribution in [0.5, 0.6) is 0 Å². The summed E-state index contributed by atoms with van der Waals surface area (Å²) in [5.74, 6) is -1.27. The van der Waals surface area contributed by atoms with Crippen LogP contribution in [0.4, 0.5) is 24.7 Å². The number of aromatic nitrogens is 4. The van der Waals surface area contributed by atoms with Gasteiger partial charge in [0.15, 0.2) is 11.4 Å². The lowest BCUT2D eigenvalue weighted by Gasteiger charge is -2.08. The van der Waals surface area contributed by atoms with Gasteiger partial charge in [-0.2, -0.15) is 18.3 Å². The number of amides is 2. The van der Waals surface area contributed by atoms with Crippen LogP contribution in [0.1, 0.15) is 46.3 Å². The van der Waals surface area contributed by atoms with Crippen LogP contribution in [-0.4, -0.2) is 44.3 Å². The lowest BCUT2D eigenvalue weighted by molar-refractivity contribution is -0.115. The molecule has 1 aromatic carbocycles. The first-order valence-corrected chi connectivity index (χ1v) is 11.0. The van der Waals surface area contributed by atoms with Gasteiger partial charge >= 0.3 is 6.18 Å². The van der Waals surface area contributed by atoms with E-state index in [1.165, 1.54) is 29.2 Å². The molecule has 0 saturated heterocycles. The van der Waals surface area contributed by atoms with Gasteiger partial charge in [-0.15, -0.1) is 0 Å². The van der Waals surface area contributed by atoms with Crippen LogP contribution < -0.4 is 16.4 Å². The maximum Gasteiger partial charge on any atom is 0.405 e. The molecule has 13 heteroatoms. The van der Waals surface area contributed by atoms with Crippen LogP contribution in [0, 0.1) is 0 Å². The summed E-state index contributed by atoms with van der Waals surface area (Å²) in [7, 11) is 0. The Morgan fingerprint density at radius 3 is 2.54 bits per heavy atom. The van der Waals surface area contributed by atoms with Gasteiger partial charge in [-0.25, -0.2) is 14.6 Å². The molecule has 0 bridgehead atoms. The maximum atomic E-state index is 12.8. The molecule has 0 radical (unpaired) electrons. The Morgan fingerprint density at radius 2 is 1.89 bits per heavy atom. The maximum absolute atomic E-state index is 12.8. The second kappa shape index (κ2) is 10.1. The molecule has 10 nitrogen and oxygen atoms in total. The van der Waals surface area contributed by atoms with Crippen molar-refractivity contribution in [3.8, 4) is 17.1 Å². The van der Waals surface area contributed by atoms with E-state index in [1.54, 1.807) is 0 Å². The van der Waals surface area contributed by atoms with E-state index < -0.39 is 24.5 Å². The standard InChI is InChI=1S/C24H22F3N7O3/c1-13(2)14-3-5-16(6-4-14)34-10-17(20(33-34)21(28)35)31-22(36)18-11-37-23(32-18)15-7-8-29-19(9-15)30-12-24(25,26)27/h3-11,13H,12H2,1-2H3,(H2,28,35)(H,29,30)(H,31,36). The molecule has 4 N–H and O–H groups in total. The molecule has 0 atom stereocenters. The summed E-state index contributed by atoms with van der Waals surface area (Å²) < 4.78 is 44.1. The molecule has 4 rings (SSSR count). The van der Waals surface area contributed by atoms with Crippen molar-refractivity contribution >= 4 is 23.3 Å². The van der Waals surface area contributed by atoms with Crippen molar-refractivity contribution < 1.29 is 27.2 Å². The molecule has 0 aliphatic carbocycles. The van der Waals surface area contributed by atoms with Crippen LogP contribution in [0.2, 0.25) is 0 Å². The number of pyridine rings is 1. The second-order valence-electron chi connectivity index (χ2n) is 8.34. The number of carbonyl (C=O) groups excluding carboxylic acids is 2. The van der Waals surface area contributed by atoms with Crippen molar-refractivity contribution in [3.05, 3.63) is 72.0 Å². The number of nitrogens with one attached hydrogen (secondary N) is 2. The number of halogens is 3. The lowest BCUT2D eigenvalue weighted by Crippen LogP contribution is -2.21. The molecule has 0 spiro atoms. The van der Waals surface area contributed by atoms with Crippen molar-refractivity contribution in [1.29, 1.82) is 0 Å². The first-order chi connectivity index (χ1) is 17.5. The highest BCUT2D eigenvalue weighted by molar-refractivity contribution is 6.07. The number of benzene rings is 1. The fraction of sp³-hybridized carbons (Fsp3) is 0.208. The van der Waals surface area contributed by atoms with Gasteiger partial charge in [-0.1, -0.05) is 26.0 Å². The van der Waals surface area contributed by atoms with Gasteiger partial charge < -0.3 is 20.8 Å². The number of hydrogen-bond donors (Lipinski definition) is 3. The van der Waals surface area contributed by atoms with E-state index in [0.717, 1.165) is 11.8 Å². The third kappa shape index (κ3) is 6.12. The van der Waals surface area contributed by atoms with Gasteiger partial charge in [0, 0.05) is 11.8 Å². The zero-order chi connectivity index (χ0) is 26.7. The summed E-state index contributed by atoms with van der Waals surface area (Å²) in [6.45, 7) is 2.87. The number of anilines is 2. The lowest BCUT2D eigenvalue weighted by atomic mass is 10.0. The number of alkyl halides is 3. The molecule has 4 aromatic rings. The summed E-state index contributed by atoms with van der Waals surface area (Å²) in [4.78, 5) is 32.7. The normalized spacial score (nSPS) is 11.5. The molecule has 0 aliphatic heterocycles. The molecule has 0 fully saturated rings. The minimum atomic E-state index is -4.42. The zero-order valence-corrected chi connectivity index (χ0v) is 19.7. The average Bonchev–Trinajstić information content (AvgIpc) is 3.51. The van der Waals surface area contributed by atoms with E-state index >= 15 is 0 Å².